The highest BCUT2D eigenvalue weighted by Gasteiger charge is 2.55. The summed E-state index contributed by atoms with van der Waals surface area (Å²) in [6.07, 6.45) is -0.813. The zero-order valence-corrected chi connectivity index (χ0v) is 24.5. The summed E-state index contributed by atoms with van der Waals surface area (Å²) in [7, 11) is -2.74. The van der Waals surface area contributed by atoms with Gasteiger partial charge in [0.25, 0.3) is 0 Å². The number of nitrogens with zero attached hydrogens (tertiary/aromatic N) is 4. The minimum Gasteiger partial charge on any atom is -0.462 e. The average molecular weight is 613 g/mol. The van der Waals surface area contributed by atoms with Gasteiger partial charge in [0.2, 0.25) is 10.6 Å². The molecule has 2 aromatic heterocycles. The summed E-state index contributed by atoms with van der Waals surface area (Å²) in [4.78, 5) is 31.7. The molecule has 3 rings (SSSR count). The second kappa shape index (κ2) is 13.6. The fourth-order valence-electron chi connectivity index (χ4n) is 4.07. The largest absolute Gasteiger partial charge is 0.462 e. The van der Waals surface area contributed by atoms with Crippen molar-refractivity contribution in [3.8, 4) is 0 Å². The second-order valence-corrected chi connectivity index (χ2v) is 11.4. The maximum atomic E-state index is 13.9. The van der Waals surface area contributed by atoms with Crippen molar-refractivity contribution in [1.82, 2.24) is 19.7 Å². The summed E-state index contributed by atoms with van der Waals surface area (Å²) in [6.45, 7) is 4.66. The molecule has 218 valence electrons. The number of aromatic nitrogens is 4. The zero-order valence-electron chi connectivity index (χ0n) is 22.1. The van der Waals surface area contributed by atoms with Crippen LogP contribution in [0.15, 0.2) is 6.20 Å². The van der Waals surface area contributed by atoms with E-state index in [9.17, 15) is 14.2 Å². The fourth-order valence-corrected chi connectivity index (χ4v) is 6.45. The highest BCUT2D eigenvalue weighted by atomic mass is 35.5. The number of ether oxygens (including phenoxy) is 5. The lowest BCUT2D eigenvalue weighted by atomic mass is 10.2. The van der Waals surface area contributed by atoms with Gasteiger partial charge < -0.3 is 32.7 Å². The quantitative estimate of drug-likeness (QED) is 0.132. The van der Waals surface area contributed by atoms with Gasteiger partial charge in [0.15, 0.2) is 11.9 Å². The van der Waals surface area contributed by atoms with Gasteiger partial charge in [-0.05, 0) is 25.4 Å². The Kier molecular flexibility index (Phi) is 11.1. The van der Waals surface area contributed by atoms with Crippen molar-refractivity contribution in [2.75, 3.05) is 40.1 Å². The van der Waals surface area contributed by atoms with Crippen molar-refractivity contribution in [2.24, 2.45) is 0 Å². The third-order valence-corrected chi connectivity index (χ3v) is 8.67. The molecule has 1 aliphatic rings. The molecule has 0 spiro atoms. The summed E-state index contributed by atoms with van der Waals surface area (Å²) in [5, 5.41) is 2.93. The third kappa shape index (κ3) is 7.25. The molecule has 0 aromatic carbocycles. The predicted molar refractivity (Wildman–Crippen MR) is 137 cm³/mol. The van der Waals surface area contributed by atoms with Gasteiger partial charge in [-0.1, -0.05) is 11.6 Å². The van der Waals surface area contributed by atoms with Crippen LogP contribution in [0.2, 0.25) is 10.4 Å². The van der Waals surface area contributed by atoms with E-state index in [0.717, 1.165) is 0 Å². The Morgan fingerprint density at radius 3 is 2.44 bits per heavy atom. The zero-order chi connectivity index (χ0) is 28.8. The van der Waals surface area contributed by atoms with Crippen molar-refractivity contribution in [2.45, 2.75) is 57.9 Å². The van der Waals surface area contributed by atoms with E-state index in [2.05, 4.69) is 15.1 Å². The molecule has 1 fully saturated rings. The Hall–Kier alpha value is -1.90. The van der Waals surface area contributed by atoms with Crippen LogP contribution in [0.25, 0.3) is 11.0 Å². The molecule has 4 atom stereocenters. The van der Waals surface area contributed by atoms with Gasteiger partial charge in [-0.3, -0.25) is 14.2 Å². The topological polar surface area (TPSA) is 159 Å². The van der Waals surface area contributed by atoms with E-state index < -0.39 is 49.9 Å². The monoisotopic (exact) mass is 612 g/mol. The van der Waals surface area contributed by atoms with Crippen LogP contribution in [0, 0.1) is 0 Å². The Balaban J connectivity index is 1.94. The lowest BCUT2D eigenvalue weighted by molar-refractivity contribution is -0.164. The molecule has 1 unspecified atom stereocenters. The van der Waals surface area contributed by atoms with Gasteiger partial charge in [-0.15, -0.1) is 0 Å². The van der Waals surface area contributed by atoms with Crippen LogP contribution in [0.5, 0.6) is 0 Å². The van der Waals surface area contributed by atoms with E-state index in [0.29, 0.717) is 11.0 Å². The van der Waals surface area contributed by atoms with E-state index in [4.69, 9.17) is 55.9 Å². The van der Waals surface area contributed by atoms with Gasteiger partial charge in [0.1, 0.15) is 24.0 Å². The second-order valence-electron chi connectivity index (χ2n) is 8.43. The molecular formula is C22H31Cl2N4O10P. The minimum atomic E-state index is -4.10. The molecular weight excluding hydrogens is 582 g/mol. The predicted octanol–water partition coefficient (Wildman–Crippen LogP) is 3.54. The van der Waals surface area contributed by atoms with Crippen molar-refractivity contribution in [3.05, 3.63) is 16.6 Å². The SMILES string of the molecule is CCOP(=O)(OCC)C(COC)(COC(C)=O)OC[C@H]1O[C@@H](n2ncc3c(Cl)nc(Cl)nc32)C[C@@H]1OC(C)=O. The molecule has 14 nitrogen and oxygen atoms in total. The fraction of sp³-hybridized carbons (Fsp3) is 0.682. The molecule has 0 bridgehead atoms. The highest BCUT2D eigenvalue weighted by Crippen LogP contribution is 2.61. The first kappa shape index (κ1) is 31.6. The van der Waals surface area contributed by atoms with E-state index in [1.54, 1.807) is 13.8 Å². The first-order valence-electron chi connectivity index (χ1n) is 12.0. The van der Waals surface area contributed by atoms with Crippen LogP contribution in [-0.4, -0.2) is 89.4 Å². The third-order valence-electron chi connectivity index (χ3n) is 5.63. The molecule has 17 heteroatoms. The Morgan fingerprint density at radius 2 is 1.85 bits per heavy atom. The van der Waals surface area contributed by atoms with E-state index in [1.165, 1.54) is 31.8 Å². The number of carbonyl (C=O) groups is 2. The van der Waals surface area contributed by atoms with Gasteiger partial charge in [0, 0.05) is 27.4 Å². The highest BCUT2D eigenvalue weighted by molar-refractivity contribution is 7.55. The Bertz CT molecular complexity index is 1210. The number of halogens is 2. The first-order chi connectivity index (χ1) is 18.5. The Labute approximate surface area is 235 Å². The van der Waals surface area contributed by atoms with Crippen LogP contribution in [0.1, 0.15) is 40.3 Å². The standard InChI is InChI=1S/C22H31Cl2N4O10P/c1-6-35-39(31,36-7-2)22(11-32-5,12-33-13(3)29)34-10-17-16(37-14(4)30)8-18(38-17)28-20-15(9-25-28)19(23)26-21(24)27-20/h9,16-18H,6-8,10-12H2,1-5H3/t16-,17+,18+,22?/m0/s1. The first-order valence-corrected chi connectivity index (χ1v) is 14.3. The van der Waals surface area contributed by atoms with Crippen LogP contribution in [0.3, 0.4) is 0 Å². The number of rotatable bonds is 14. The molecule has 0 saturated carbocycles. The molecule has 0 aliphatic carbocycles. The van der Waals surface area contributed by atoms with E-state index >= 15 is 0 Å². The van der Waals surface area contributed by atoms with Gasteiger partial charge in [0.05, 0.1) is 38.0 Å². The van der Waals surface area contributed by atoms with Crippen molar-refractivity contribution in [3.63, 3.8) is 0 Å². The number of methoxy groups -OCH3 is 1. The molecule has 39 heavy (non-hydrogen) atoms. The maximum Gasteiger partial charge on any atom is 0.368 e. The number of esters is 2. The van der Waals surface area contributed by atoms with Gasteiger partial charge >= 0.3 is 19.5 Å². The Morgan fingerprint density at radius 1 is 1.15 bits per heavy atom. The average Bonchev–Trinajstić information content (AvgIpc) is 3.44. The smallest absolute Gasteiger partial charge is 0.368 e. The summed E-state index contributed by atoms with van der Waals surface area (Å²) in [5.74, 6) is -1.19. The van der Waals surface area contributed by atoms with Crippen molar-refractivity contribution >= 4 is 53.8 Å². The molecule has 3 heterocycles. The van der Waals surface area contributed by atoms with Crippen LogP contribution in [0.4, 0.5) is 0 Å². The van der Waals surface area contributed by atoms with Gasteiger partial charge in [-0.2, -0.15) is 10.1 Å². The molecule has 0 radical (unpaired) electrons. The molecule has 0 N–H and O–H groups in total. The van der Waals surface area contributed by atoms with Gasteiger partial charge in [-0.25, -0.2) is 9.67 Å². The van der Waals surface area contributed by atoms with Crippen LogP contribution in [-0.2, 0) is 46.9 Å². The maximum absolute atomic E-state index is 13.9. The summed E-state index contributed by atoms with van der Waals surface area (Å²) >= 11 is 12.2. The molecule has 1 saturated heterocycles. The lowest BCUT2D eigenvalue weighted by Gasteiger charge is -2.38. The minimum absolute atomic E-state index is 0.0175. The lowest BCUT2D eigenvalue weighted by Crippen LogP contribution is -2.46. The summed E-state index contributed by atoms with van der Waals surface area (Å²) in [5.41, 5.74) is 0.314. The number of carbonyl (C=O) groups excluding carboxylic acids is 2. The summed E-state index contributed by atoms with van der Waals surface area (Å²) in [6, 6.07) is 0. The van der Waals surface area contributed by atoms with Crippen LogP contribution >= 0.6 is 30.8 Å². The summed E-state index contributed by atoms with van der Waals surface area (Å²) < 4.78 is 54.8. The number of hydrogen-bond donors (Lipinski definition) is 0. The normalized spacial score (nSPS) is 21.2. The molecule has 2 aromatic rings. The molecule has 1 aliphatic heterocycles. The van der Waals surface area contributed by atoms with E-state index in [-0.39, 0.29) is 43.3 Å². The number of fused-ring (bicyclic) bond motifs is 1. The van der Waals surface area contributed by atoms with Crippen molar-refractivity contribution in [1.29, 1.82) is 0 Å². The van der Waals surface area contributed by atoms with E-state index in [1.807, 2.05) is 0 Å². The number of hydrogen-bond acceptors (Lipinski definition) is 13. The van der Waals surface area contributed by atoms with Crippen LogP contribution < -0.4 is 0 Å². The molecule has 0 amide bonds. The van der Waals surface area contributed by atoms with Crippen molar-refractivity contribution < 1.29 is 46.9 Å².